The molecular weight excluding hydrogens is 264 g/mol. The minimum Gasteiger partial charge on any atom is -0.396 e. The van der Waals surface area contributed by atoms with Gasteiger partial charge in [0.15, 0.2) is 9.84 Å². The summed E-state index contributed by atoms with van der Waals surface area (Å²) in [4.78, 5) is 8.42. The highest BCUT2D eigenvalue weighted by Crippen LogP contribution is 2.17. The van der Waals surface area contributed by atoms with Crippen LogP contribution < -0.4 is 5.73 Å². The molecule has 2 rings (SSSR count). The number of piperazine rings is 1. The lowest BCUT2D eigenvalue weighted by atomic mass is 10.3. The predicted octanol–water partition coefficient (Wildman–Crippen LogP) is -0.315. The number of hydrogen-bond acceptors (Lipinski definition) is 6. The van der Waals surface area contributed by atoms with E-state index in [0.717, 1.165) is 26.2 Å². The Balaban J connectivity index is 1.97. The standard InChI is InChI=1S/C12H20N4O2S/c1-15-4-6-16(7-5-15)8-9-19(17,18)12-2-3-14-10-11(12)13/h2-3,10H,4-9,13H2,1H3. The molecule has 0 amide bonds. The fourth-order valence-electron chi connectivity index (χ4n) is 2.11. The van der Waals surface area contributed by atoms with Crippen molar-refractivity contribution in [1.29, 1.82) is 0 Å². The molecule has 6 nitrogen and oxygen atoms in total. The first-order valence-corrected chi connectivity index (χ1v) is 7.97. The van der Waals surface area contributed by atoms with E-state index in [2.05, 4.69) is 21.8 Å². The molecule has 7 heteroatoms. The number of pyridine rings is 1. The molecule has 0 aromatic carbocycles. The van der Waals surface area contributed by atoms with Gasteiger partial charge in [0.05, 0.1) is 22.5 Å². The van der Waals surface area contributed by atoms with Crippen molar-refractivity contribution in [2.45, 2.75) is 4.90 Å². The number of nitrogens with two attached hydrogens (primary N) is 1. The summed E-state index contributed by atoms with van der Waals surface area (Å²) in [6.45, 7) is 4.35. The monoisotopic (exact) mass is 284 g/mol. The number of nitrogen functional groups attached to an aromatic ring is 1. The van der Waals surface area contributed by atoms with Crippen molar-refractivity contribution in [3.8, 4) is 0 Å². The molecule has 0 radical (unpaired) electrons. The van der Waals surface area contributed by atoms with Gasteiger partial charge in [0, 0.05) is 38.9 Å². The van der Waals surface area contributed by atoms with E-state index >= 15 is 0 Å². The van der Waals surface area contributed by atoms with Crippen LogP contribution in [0.15, 0.2) is 23.4 Å². The largest absolute Gasteiger partial charge is 0.396 e. The molecule has 19 heavy (non-hydrogen) atoms. The van der Waals surface area contributed by atoms with Crippen molar-refractivity contribution >= 4 is 15.5 Å². The second kappa shape index (κ2) is 5.85. The molecule has 0 aliphatic carbocycles. The summed E-state index contributed by atoms with van der Waals surface area (Å²) >= 11 is 0. The molecule has 106 valence electrons. The third kappa shape index (κ3) is 3.65. The van der Waals surface area contributed by atoms with Gasteiger partial charge in [0.1, 0.15) is 0 Å². The minimum atomic E-state index is -3.32. The van der Waals surface area contributed by atoms with Crippen molar-refractivity contribution in [1.82, 2.24) is 14.8 Å². The molecule has 1 aromatic rings. The molecular formula is C12H20N4O2S. The molecule has 1 aliphatic heterocycles. The van der Waals surface area contributed by atoms with Crippen LogP contribution in [0.4, 0.5) is 5.69 Å². The number of anilines is 1. The topological polar surface area (TPSA) is 79.5 Å². The van der Waals surface area contributed by atoms with Gasteiger partial charge in [0.25, 0.3) is 0 Å². The maximum atomic E-state index is 12.2. The van der Waals surface area contributed by atoms with Crippen LogP contribution in [0, 0.1) is 0 Å². The summed E-state index contributed by atoms with van der Waals surface area (Å²) in [6.07, 6.45) is 2.84. The average molecular weight is 284 g/mol. The van der Waals surface area contributed by atoms with Crippen molar-refractivity contribution in [3.63, 3.8) is 0 Å². The molecule has 0 spiro atoms. The Bertz CT molecular complexity index is 524. The Labute approximate surface area is 114 Å². The molecule has 0 saturated carbocycles. The van der Waals surface area contributed by atoms with Crippen molar-refractivity contribution < 1.29 is 8.42 Å². The van der Waals surface area contributed by atoms with Crippen LogP contribution in [-0.2, 0) is 9.84 Å². The predicted molar refractivity (Wildman–Crippen MR) is 74.6 cm³/mol. The lowest BCUT2D eigenvalue weighted by molar-refractivity contribution is 0.161. The number of aromatic nitrogens is 1. The van der Waals surface area contributed by atoms with Crippen LogP contribution in [0.2, 0.25) is 0 Å². The van der Waals surface area contributed by atoms with Crippen molar-refractivity contribution in [2.24, 2.45) is 0 Å². The molecule has 2 N–H and O–H groups in total. The molecule has 0 atom stereocenters. The molecule has 1 aromatic heterocycles. The van der Waals surface area contributed by atoms with Gasteiger partial charge in [-0.25, -0.2) is 8.42 Å². The first kappa shape index (κ1) is 14.2. The second-order valence-electron chi connectivity index (χ2n) is 4.88. The van der Waals surface area contributed by atoms with Crippen LogP contribution in [0.5, 0.6) is 0 Å². The maximum Gasteiger partial charge on any atom is 0.181 e. The lowest BCUT2D eigenvalue weighted by Crippen LogP contribution is -2.45. The van der Waals surface area contributed by atoms with Crippen LogP contribution in [0.1, 0.15) is 0 Å². The summed E-state index contributed by atoms with van der Waals surface area (Å²) in [7, 11) is -1.25. The van der Waals surface area contributed by atoms with E-state index in [0.29, 0.717) is 6.54 Å². The maximum absolute atomic E-state index is 12.2. The summed E-state index contributed by atoms with van der Waals surface area (Å²) in [5.41, 5.74) is 5.89. The van der Waals surface area contributed by atoms with Gasteiger partial charge in [-0.2, -0.15) is 0 Å². The number of nitrogens with zero attached hydrogens (tertiary/aromatic N) is 3. The molecule has 1 fully saturated rings. The average Bonchev–Trinajstić information content (AvgIpc) is 2.38. The van der Waals surface area contributed by atoms with E-state index in [9.17, 15) is 8.42 Å². The minimum absolute atomic E-state index is 0.102. The first-order chi connectivity index (χ1) is 8.99. The van der Waals surface area contributed by atoms with Crippen LogP contribution in [0.25, 0.3) is 0 Å². The van der Waals surface area contributed by atoms with Crippen LogP contribution >= 0.6 is 0 Å². The molecule has 1 aliphatic rings. The summed E-state index contributed by atoms with van der Waals surface area (Å²) in [6, 6.07) is 1.47. The Hall–Kier alpha value is -1.18. The van der Waals surface area contributed by atoms with Crippen LogP contribution in [-0.4, -0.2) is 68.7 Å². The third-order valence-electron chi connectivity index (χ3n) is 3.42. The van der Waals surface area contributed by atoms with Gasteiger partial charge in [0.2, 0.25) is 0 Å². The highest BCUT2D eigenvalue weighted by Gasteiger charge is 2.20. The molecule has 0 unspecified atom stereocenters. The fourth-order valence-corrected chi connectivity index (χ4v) is 3.51. The molecule has 2 heterocycles. The zero-order valence-corrected chi connectivity index (χ0v) is 11.9. The van der Waals surface area contributed by atoms with Gasteiger partial charge in [-0.3, -0.25) is 9.88 Å². The Kier molecular flexibility index (Phi) is 4.38. The number of sulfone groups is 1. The Morgan fingerprint density at radius 1 is 1.32 bits per heavy atom. The zero-order valence-electron chi connectivity index (χ0n) is 11.1. The van der Waals surface area contributed by atoms with Crippen molar-refractivity contribution in [3.05, 3.63) is 18.5 Å². The Morgan fingerprint density at radius 2 is 2.00 bits per heavy atom. The van der Waals surface area contributed by atoms with E-state index in [1.165, 1.54) is 18.5 Å². The fraction of sp³-hybridized carbons (Fsp3) is 0.583. The van der Waals surface area contributed by atoms with Crippen LogP contribution in [0.3, 0.4) is 0 Å². The van der Waals surface area contributed by atoms with E-state index in [4.69, 9.17) is 5.73 Å². The molecule has 1 saturated heterocycles. The summed E-state index contributed by atoms with van der Waals surface area (Å²) in [5, 5.41) is 0. The quantitative estimate of drug-likeness (QED) is 0.816. The van der Waals surface area contributed by atoms with E-state index in [1.54, 1.807) is 0 Å². The van der Waals surface area contributed by atoms with Crippen molar-refractivity contribution in [2.75, 3.05) is 51.3 Å². The van der Waals surface area contributed by atoms with Gasteiger partial charge in [-0.15, -0.1) is 0 Å². The number of hydrogen-bond donors (Lipinski definition) is 1. The van der Waals surface area contributed by atoms with E-state index in [1.807, 2.05) is 0 Å². The number of rotatable bonds is 4. The highest BCUT2D eigenvalue weighted by atomic mass is 32.2. The highest BCUT2D eigenvalue weighted by molar-refractivity contribution is 7.91. The second-order valence-corrected chi connectivity index (χ2v) is 6.95. The van der Waals surface area contributed by atoms with E-state index < -0.39 is 9.84 Å². The number of likely N-dealkylation sites (N-methyl/N-ethyl adjacent to an activating group) is 1. The summed E-state index contributed by atoms with van der Waals surface area (Å²) < 4.78 is 24.4. The van der Waals surface area contributed by atoms with Gasteiger partial charge in [-0.05, 0) is 13.1 Å². The molecule has 0 bridgehead atoms. The van der Waals surface area contributed by atoms with E-state index in [-0.39, 0.29) is 16.3 Å². The smallest absolute Gasteiger partial charge is 0.181 e. The van der Waals surface area contributed by atoms with Gasteiger partial charge < -0.3 is 10.6 Å². The third-order valence-corrected chi connectivity index (χ3v) is 5.18. The normalized spacial score (nSPS) is 18.6. The van der Waals surface area contributed by atoms with Gasteiger partial charge in [-0.1, -0.05) is 0 Å². The SMILES string of the molecule is CN1CCN(CCS(=O)(=O)c2ccncc2N)CC1. The summed E-state index contributed by atoms with van der Waals surface area (Å²) in [5.74, 6) is 0.102. The Morgan fingerprint density at radius 3 is 2.63 bits per heavy atom. The lowest BCUT2D eigenvalue weighted by Gasteiger charge is -2.32. The zero-order chi connectivity index (χ0) is 13.9. The first-order valence-electron chi connectivity index (χ1n) is 6.32. The van der Waals surface area contributed by atoms with Gasteiger partial charge >= 0.3 is 0 Å².